The van der Waals surface area contributed by atoms with E-state index in [4.69, 9.17) is 4.74 Å². The Morgan fingerprint density at radius 3 is 2.61 bits per heavy atom. The van der Waals surface area contributed by atoms with Crippen molar-refractivity contribution in [1.82, 2.24) is 0 Å². The molecule has 96 valence electrons. The van der Waals surface area contributed by atoms with E-state index in [1.807, 2.05) is 0 Å². The van der Waals surface area contributed by atoms with Gasteiger partial charge < -0.3 is 9.47 Å². The highest BCUT2D eigenvalue weighted by atomic mass is 16.5. The van der Waals surface area contributed by atoms with E-state index in [1.165, 1.54) is 14.0 Å². The summed E-state index contributed by atoms with van der Waals surface area (Å²) >= 11 is 0. The van der Waals surface area contributed by atoms with Gasteiger partial charge in [0.05, 0.1) is 7.11 Å². The van der Waals surface area contributed by atoms with Gasteiger partial charge in [-0.05, 0) is 17.7 Å². The molecule has 0 fully saturated rings. The van der Waals surface area contributed by atoms with Crippen LogP contribution in [0.4, 0.5) is 0 Å². The third-order valence-corrected chi connectivity index (χ3v) is 2.30. The second-order valence-electron chi connectivity index (χ2n) is 3.68. The molecule has 0 N–H and O–H groups in total. The van der Waals surface area contributed by atoms with Crippen molar-refractivity contribution in [2.75, 3.05) is 13.7 Å². The van der Waals surface area contributed by atoms with Crippen LogP contribution in [0.1, 0.15) is 22.8 Å². The lowest BCUT2D eigenvalue weighted by Crippen LogP contribution is -2.14. The summed E-state index contributed by atoms with van der Waals surface area (Å²) in [5, 5.41) is 0. The average molecular weight is 250 g/mol. The first kappa shape index (κ1) is 13.9. The van der Waals surface area contributed by atoms with Crippen molar-refractivity contribution in [3.05, 3.63) is 29.3 Å². The molecule has 0 aromatic heterocycles. The zero-order valence-electron chi connectivity index (χ0n) is 10.3. The number of ketones is 1. The molecule has 5 heteroatoms. The van der Waals surface area contributed by atoms with E-state index < -0.39 is 5.97 Å². The Labute approximate surface area is 105 Å². The van der Waals surface area contributed by atoms with Crippen molar-refractivity contribution in [2.24, 2.45) is 0 Å². The summed E-state index contributed by atoms with van der Waals surface area (Å²) in [6.45, 7) is 0.956. The lowest BCUT2D eigenvalue weighted by Gasteiger charge is -2.07. The Morgan fingerprint density at radius 2 is 2.06 bits per heavy atom. The minimum absolute atomic E-state index is 0.0470. The number of hydrogen-bond acceptors (Lipinski definition) is 5. The lowest BCUT2D eigenvalue weighted by molar-refractivity contribution is -0.145. The van der Waals surface area contributed by atoms with Crippen LogP contribution in [0.15, 0.2) is 18.2 Å². The number of carbonyl (C=O) groups excluding carboxylic acids is 3. The standard InChI is InChI=1S/C13H14O5/c1-9(15)18-8-12(16)5-10-3-4-13(17-2)6-11(10)7-14/h3-4,6-7H,5,8H2,1-2H3. The van der Waals surface area contributed by atoms with Gasteiger partial charge in [0.25, 0.3) is 0 Å². The van der Waals surface area contributed by atoms with Crippen LogP contribution in [0.5, 0.6) is 5.75 Å². The van der Waals surface area contributed by atoms with Gasteiger partial charge in [-0.3, -0.25) is 14.4 Å². The zero-order chi connectivity index (χ0) is 13.5. The van der Waals surface area contributed by atoms with Gasteiger partial charge in [-0.15, -0.1) is 0 Å². The van der Waals surface area contributed by atoms with E-state index in [1.54, 1.807) is 18.2 Å². The summed E-state index contributed by atoms with van der Waals surface area (Å²) in [6, 6.07) is 4.87. The van der Waals surface area contributed by atoms with Gasteiger partial charge in [-0.2, -0.15) is 0 Å². The SMILES string of the molecule is COc1ccc(CC(=O)COC(C)=O)c(C=O)c1. The number of methoxy groups -OCH3 is 1. The number of rotatable bonds is 6. The molecule has 0 unspecified atom stereocenters. The van der Waals surface area contributed by atoms with Crippen LogP contribution in [0.3, 0.4) is 0 Å². The summed E-state index contributed by atoms with van der Waals surface area (Å²) in [6.07, 6.45) is 0.711. The normalized spacial score (nSPS) is 9.67. The molecule has 0 aliphatic carbocycles. The fraction of sp³-hybridized carbons (Fsp3) is 0.308. The zero-order valence-corrected chi connectivity index (χ0v) is 10.3. The van der Waals surface area contributed by atoms with Crippen LogP contribution in [0.25, 0.3) is 0 Å². The molecular formula is C13H14O5. The van der Waals surface area contributed by atoms with Gasteiger partial charge in [0.1, 0.15) is 18.6 Å². The van der Waals surface area contributed by atoms with Crippen molar-refractivity contribution >= 4 is 18.0 Å². The predicted molar refractivity (Wildman–Crippen MR) is 63.7 cm³/mol. The van der Waals surface area contributed by atoms with Crippen LogP contribution >= 0.6 is 0 Å². The molecule has 0 bridgehead atoms. The first-order valence-corrected chi connectivity index (χ1v) is 5.34. The van der Waals surface area contributed by atoms with Crippen molar-refractivity contribution < 1.29 is 23.9 Å². The van der Waals surface area contributed by atoms with Crippen LogP contribution in [-0.2, 0) is 20.7 Å². The summed E-state index contributed by atoms with van der Waals surface area (Å²) in [5.41, 5.74) is 0.980. The summed E-state index contributed by atoms with van der Waals surface area (Å²) in [5.74, 6) is -0.222. The summed E-state index contributed by atoms with van der Waals surface area (Å²) < 4.78 is 9.58. The Morgan fingerprint density at radius 1 is 1.33 bits per heavy atom. The van der Waals surface area contributed by atoms with Gasteiger partial charge in [-0.25, -0.2) is 0 Å². The Hall–Kier alpha value is -2.17. The molecule has 0 saturated heterocycles. The molecule has 0 spiro atoms. The number of esters is 1. The molecule has 0 heterocycles. The number of Topliss-reactive ketones (excluding diaryl/α,β-unsaturated/α-hetero) is 1. The molecular weight excluding hydrogens is 236 g/mol. The van der Waals surface area contributed by atoms with Crippen LogP contribution in [-0.4, -0.2) is 31.8 Å². The minimum Gasteiger partial charge on any atom is -0.497 e. The molecule has 0 aliphatic heterocycles. The number of hydrogen-bond donors (Lipinski definition) is 0. The molecule has 0 atom stereocenters. The molecule has 1 rings (SSSR count). The summed E-state index contributed by atoms with van der Waals surface area (Å²) in [7, 11) is 1.50. The highest BCUT2D eigenvalue weighted by molar-refractivity contribution is 5.87. The Balaban J connectivity index is 2.74. The molecule has 5 nitrogen and oxygen atoms in total. The predicted octanol–water partition coefficient (Wildman–Crippen LogP) is 1.18. The van der Waals surface area contributed by atoms with E-state index in [2.05, 4.69) is 4.74 Å². The third-order valence-electron chi connectivity index (χ3n) is 2.30. The lowest BCUT2D eigenvalue weighted by atomic mass is 10.0. The monoisotopic (exact) mass is 250 g/mol. The first-order chi connectivity index (χ1) is 8.56. The van der Waals surface area contributed by atoms with Gasteiger partial charge in [0, 0.05) is 18.9 Å². The maximum atomic E-state index is 11.5. The van der Waals surface area contributed by atoms with E-state index in [0.29, 0.717) is 23.2 Å². The smallest absolute Gasteiger partial charge is 0.303 e. The van der Waals surface area contributed by atoms with Crippen molar-refractivity contribution in [3.63, 3.8) is 0 Å². The molecule has 0 saturated carbocycles. The van der Waals surface area contributed by atoms with E-state index >= 15 is 0 Å². The average Bonchev–Trinajstić information content (AvgIpc) is 2.36. The first-order valence-electron chi connectivity index (χ1n) is 5.34. The second kappa shape index (κ2) is 6.54. The second-order valence-corrected chi connectivity index (χ2v) is 3.68. The van der Waals surface area contributed by atoms with Crippen molar-refractivity contribution in [1.29, 1.82) is 0 Å². The highest BCUT2D eigenvalue weighted by Crippen LogP contribution is 2.17. The fourth-order valence-electron chi connectivity index (χ4n) is 1.42. The van der Waals surface area contributed by atoms with E-state index in [0.717, 1.165) is 0 Å². The third kappa shape index (κ3) is 4.01. The molecule has 0 aliphatic rings. The van der Waals surface area contributed by atoms with Gasteiger partial charge >= 0.3 is 5.97 Å². The topological polar surface area (TPSA) is 69.7 Å². The highest BCUT2D eigenvalue weighted by Gasteiger charge is 2.10. The van der Waals surface area contributed by atoms with E-state index in [-0.39, 0.29) is 18.8 Å². The number of carbonyl (C=O) groups is 3. The number of benzene rings is 1. The summed E-state index contributed by atoms with van der Waals surface area (Å²) in [4.78, 5) is 33.0. The van der Waals surface area contributed by atoms with Gasteiger partial charge in [0.2, 0.25) is 0 Å². The van der Waals surface area contributed by atoms with Gasteiger partial charge in [-0.1, -0.05) is 6.07 Å². The van der Waals surface area contributed by atoms with Crippen molar-refractivity contribution in [3.8, 4) is 5.75 Å². The largest absolute Gasteiger partial charge is 0.497 e. The van der Waals surface area contributed by atoms with Crippen molar-refractivity contribution in [2.45, 2.75) is 13.3 Å². The number of ether oxygens (including phenoxy) is 2. The molecule has 0 amide bonds. The molecule has 0 radical (unpaired) electrons. The van der Waals surface area contributed by atoms with Crippen LogP contribution in [0, 0.1) is 0 Å². The molecule has 1 aromatic carbocycles. The van der Waals surface area contributed by atoms with E-state index in [9.17, 15) is 14.4 Å². The maximum Gasteiger partial charge on any atom is 0.303 e. The quantitative estimate of drug-likeness (QED) is 0.560. The van der Waals surface area contributed by atoms with Gasteiger partial charge in [0.15, 0.2) is 5.78 Å². The number of aldehydes is 1. The fourth-order valence-corrected chi connectivity index (χ4v) is 1.42. The maximum absolute atomic E-state index is 11.5. The molecule has 18 heavy (non-hydrogen) atoms. The minimum atomic E-state index is -0.506. The Kier molecular flexibility index (Phi) is 5.05. The van der Waals surface area contributed by atoms with Crippen LogP contribution < -0.4 is 4.74 Å². The van der Waals surface area contributed by atoms with Crippen LogP contribution in [0.2, 0.25) is 0 Å². The molecule has 1 aromatic rings. The Bertz CT molecular complexity index is 464.